The summed E-state index contributed by atoms with van der Waals surface area (Å²) in [5, 5.41) is 9.94. The van der Waals surface area contributed by atoms with Crippen molar-refractivity contribution in [1.82, 2.24) is 10.2 Å². The Morgan fingerprint density at radius 2 is 1.92 bits per heavy atom. The topological polar surface area (TPSA) is 109 Å². The normalized spacial score (nSPS) is 19.2. The second kappa shape index (κ2) is 5.82. The van der Waals surface area contributed by atoms with Crippen LogP contribution in [0.25, 0.3) is 11.0 Å². The van der Waals surface area contributed by atoms with Gasteiger partial charge in [0.2, 0.25) is 10.0 Å². The third-order valence-electron chi connectivity index (χ3n) is 5.31. The number of benzene rings is 1. The lowest BCUT2D eigenvalue weighted by Crippen LogP contribution is -2.56. The first kappa shape index (κ1) is 16.6. The van der Waals surface area contributed by atoms with Gasteiger partial charge in [-0.2, -0.15) is 4.72 Å². The highest BCUT2D eigenvalue weighted by atomic mass is 32.2. The van der Waals surface area contributed by atoms with E-state index in [0.29, 0.717) is 18.4 Å². The van der Waals surface area contributed by atoms with Crippen LogP contribution in [0.4, 0.5) is 0 Å². The van der Waals surface area contributed by atoms with E-state index in [0.717, 1.165) is 43.3 Å². The molecule has 2 aromatic rings. The molecule has 1 aromatic heterocycles. The van der Waals surface area contributed by atoms with Gasteiger partial charge in [0.15, 0.2) is 0 Å². The molecule has 134 valence electrons. The molecule has 25 heavy (non-hydrogen) atoms. The minimum absolute atomic E-state index is 0.0597. The van der Waals surface area contributed by atoms with E-state index in [-0.39, 0.29) is 4.90 Å². The van der Waals surface area contributed by atoms with Crippen LogP contribution in [0.1, 0.15) is 43.4 Å². The average Bonchev–Trinajstić information content (AvgIpc) is 3.29. The molecule has 1 heterocycles. The van der Waals surface area contributed by atoms with E-state index in [2.05, 4.69) is 4.72 Å². The fourth-order valence-electron chi connectivity index (χ4n) is 4.03. The van der Waals surface area contributed by atoms with Crippen LogP contribution in [-0.4, -0.2) is 25.1 Å². The number of carbonyl (C=O) groups is 1. The summed E-state index contributed by atoms with van der Waals surface area (Å²) in [6, 6.07) is 4.82. The first-order chi connectivity index (χ1) is 12.0. The second-order valence-electron chi connectivity index (χ2n) is 6.85. The molecule has 8 heteroatoms. The van der Waals surface area contributed by atoms with Gasteiger partial charge >= 0.3 is 0 Å². The molecule has 1 amide bonds. The van der Waals surface area contributed by atoms with Crippen molar-refractivity contribution in [2.75, 3.05) is 0 Å². The Labute approximate surface area is 145 Å². The molecule has 1 saturated carbocycles. The summed E-state index contributed by atoms with van der Waals surface area (Å²) in [6.07, 6.45) is 5.05. The SMILES string of the molecule is O=C(NO)C1(NS(=O)(=O)c2ccc3c4c(oc3c2)CCC4)CCCC1. The van der Waals surface area contributed by atoms with E-state index >= 15 is 0 Å². The lowest BCUT2D eigenvalue weighted by atomic mass is 9.99. The molecule has 2 aliphatic rings. The van der Waals surface area contributed by atoms with Gasteiger partial charge in [0.25, 0.3) is 5.91 Å². The number of fused-ring (bicyclic) bond motifs is 3. The summed E-state index contributed by atoms with van der Waals surface area (Å²) < 4.78 is 33.9. The Morgan fingerprint density at radius 1 is 1.16 bits per heavy atom. The summed E-state index contributed by atoms with van der Waals surface area (Å²) >= 11 is 0. The number of hydrogen-bond acceptors (Lipinski definition) is 5. The predicted molar refractivity (Wildman–Crippen MR) is 89.7 cm³/mol. The molecule has 0 unspecified atom stereocenters. The molecule has 7 nitrogen and oxygen atoms in total. The zero-order chi connectivity index (χ0) is 17.7. The van der Waals surface area contributed by atoms with Gasteiger partial charge < -0.3 is 4.42 Å². The number of sulfonamides is 1. The maximum absolute atomic E-state index is 12.8. The monoisotopic (exact) mass is 364 g/mol. The molecular formula is C17H20N2O5S. The van der Waals surface area contributed by atoms with Crippen LogP contribution in [0.5, 0.6) is 0 Å². The number of carbonyl (C=O) groups excluding carboxylic acids is 1. The van der Waals surface area contributed by atoms with Gasteiger partial charge in [0.1, 0.15) is 16.9 Å². The highest BCUT2D eigenvalue weighted by Crippen LogP contribution is 2.35. The van der Waals surface area contributed by atoms with Crippen LogP contribution in [0, 0.1) is 0 Å². The second-order valence-corrected chi connectivity index (χ2v) is 8.53. The quantitative estimate of drug-likeness (QED) is 0.568. The van der Waals surface area contributed by atoms with Gasteiger partial charge in [-0.3, -0.25) is 10.0 Å². The van der Waals surface area contributed by atoms with Crippen LogP contribution < -0.4 is 10.2 Å². The average molecular weight is 364 g/mol. The smallest absolute Gasteiger partial charge is 0.264 e. The fourth-order valence-corrected chi connectivity index (χ4v) is 5.47. The molecule has 4 rings (SSSR count). The zero-order valence-electron chi connectivity index (χ0n) is 13.7. The molecule has 0 atom stereocenters. The van der Waals surface area contributed by atoms with Crippen molar-refractivity contribution in [2.45, 2.75) is 55.4 Å². The number of hydroxylamine groups is 1. The summed E-state index contributed by atoms with van der Waals surface area (Å²) in [6.45, 7) is 0. The molecular weight excluding hydrogens is 344 g/mol. The number of furan rings is 1. The van der Waals surface area contributed by atoms with Gasteiger partial charge in [-0.1, -0.05) is 12.8 Å². The molecule has 3 N–H and O–H groups in total. The van der Waals surface area contributed by atoms with E-state index in [1.165, 1.54) is 17.7 Å². The van der Waals surface area contributed by atoms with Gasteiger partial charge in [-0.25, -0.2) is 13.9 Å². The summed E-state index contributed by atoms with van der Waals surface area (Å²) in [5.74, 6) is 0.219. The fraction of sp³-hybridized carbons (Fsp3) is 0.471. The van der Waals surface area contributed by atoms with Gasteiger partial charge in [0, 0.05) is 23.4 Å². The largest absolute Gasteiger partial charge is 0.461 e. The number of nitrogens with one attached hydrogen (secondary N) is 2. The third-order valence-corrected chi connectivity index (χ3v) is 6.85. The van der Waals surface area contributed by atoms with Gasteiger partial charge in [0.05, 0.1) is 4.90 Å². The van der Waals surface area contributed by atoms with Crippen LogP contribution in [0.15, 0.2) is 27.5 Å². The number of hydrogen-bond donors (Lipinski definition) is 3. The van der Waals surface area contributed by atoms with E-state index in [4.69, 9.17) is 9.62 Å². The van der Waals surface area contributed by atoms with Gasteiger partial charge in [-0.15, -0.1) is 0 Å². The Kier molecular flexibility index (Phi) is 3.86. The maximum atomic E-state index is 12.8. The first-order valence-electron chi connectivity index (χ1n) is 8.48. The zero-order valence-corrected chi connectivity index (χ0v) is 14.5. The van der Waals surface area contributed by atoms with Crippen LogP contribution >= 0.6 is 0 Å². The number of amides is 1. The summed E-state index contributed by atoms with van der Waals surface area (Å²) in [4.78, 5) is 12.1. The minimum Gasteiger partial charge on any atom is -0.461 e. The van der Waals surface area contributed by atoms with E-state index < -0.39 is 21.5 Å². The Balaban J connectivity index is 1.70. The molecule has 2 aliphatic carbocycles. The van der Waals surface area contributed by atoms with Crippen molar-refractivity contribution in [3.05, 3.63) is 29.5 Å². The standard InChI is InChI=1S/C17H20N2O5S/c20-16(18-21)17(8-1-2-9-17)19-25(22,23)11-6-7-13-12-4-3-5-14(12)24-15(13)10-11/h6-7,10,19,21H,1-5,8-9H2,(H,18,20). The molecule has 0 saturated heterocycles. The highest BCUT2D eigenvalue weighted by Gasteiger charge is 2.44. The first-order valence-corrected chi connectivity index (χ1v) is 9.96. The van der Waals surface area contributed by atoms with Crippen molar-refractivity contribution in [3.8, 4) is 0 Å². The predicted octanol–water partition coefficient (Wildman–Crippen LogP) is 2.02. The molecule has 1 fully saturated rings. The number of aryl methyl sites for hydroxylation is 2. The lowest BCUT2D eigenvalue weighted by Gasteiger charge is -2.27. The van der Waals surface area contributed by atoms with Crippen molar-refractivity contribution in [2.24, 2.45) is 0 Å². The van der Waals surface area contributed by atoms with E-state index in [1.807, 2.05) is 0 Å². The van der Waals surface area contributed by atoms with Crippen molar-refractivity contribution in [3.63, 3.8) is 0 Å². The van der Waals surface area contributed by atoms with Crippen LogP contribution in [0.2, 0.25) is 0 Å². The van der Waals surface area contributed by atoms with Crippen molar-refractivity contribution in [1.29, 1.82) is 0 Å². The lowest BCUT2D eigenvalue weighted by molar-refractivity contribution is -0.135. The van der Waals surface area contributed by atoms with Crippen molar-refractivity contribution >= 4 is 26.9 Å². The van der Waals surface area contributed by atoms with Gasteiger partial charge in [-0.05, 0) is 37.8 Å². The third kappa shape index (κ3) is 2.65. The summed E-state index contributed by atoms with van der Waals surface area (Å²) in [5.41, 5.74) is 2.02. The molecule has 1 aromatic carbocycles. The highest BCUT2D eigenvalue weighted by molar-refractivity contribution is 7.89. The minimum atomic E-state index is -3.92. The molecule has 0 aliphatic heterocycles. The molecule has 0 bridgehead atoms. The molecule has 0 radical (unpaired) electrons. The maximum Gasteiger partial charge on any atom is 0.264 e. The van der Waals surface area contributed by atoms with Crippen LogP contribution in [0.3, 0.4) is 0 Å². The van der Waals surface area contributed by atoms with E-state index in [1.54, 1.807) is 11.5 Å². The molecule has 0 spiro atoms. The Bertz CT molecular complexity index is 941. The number of rotatable bonds is 4. The van der Waals surface area contributed by atoms with E-state index in [9.17, 15) is 13.2 Å². The summed E-state index contributed by atoms with van der Waals surface area (Å²) in [7, 11) is -3.92. The Hall–Kier alpha value is -1.90. The Morgan fingerprint density at radius 3 is 2.64 bits per heavy atom. The van der Waals surface area contributed by atoms with Crippen LogP contribution in [-0.2, 0) is 27.7 Å². The van der Waals surface area contributed by atoms with Crippen molar-refractivity contribution < 1.29 is 22.8 Å².